The Bertz CT molecular complexity index is 1810. The van der Waals surface area contributed by atoms with Gasteiger partial charge in [0, 0.05) is 11.6 Å². The van der Waals surface area contributed by atoms with E-state index in [0.29, 0.717) is 22.6 Å². The minimum atomic E-state index is -1.10. The molecule has 4 N–H and O–H groups in total. The van der Waals surface area contributed by atoms with Gasteiger partial charge in [-0.3, -0.25) is 9.59 Å². The second-order valence-corrected chi connectivity index (χ2v) is 10.9. The van der Waals surface area contributed by atoms with Gasteiger partial charge in [-0.2, -0.15) is 15.4 Å². The van der Waals surface area contributed by atoms with Crippen molar-refractivity contribution >= 4 is 34.5 Å². The van der Waals surface area contributed by atoms with E-state index in [2.05, 4.69) is 26.0 Å². The van der Waals surface area contributed by atoms with E-state index < -0.39 is 5.97 Å². The highest BCUT2D eigenvalue weighted by molar-refractivity contribution is 6.01. The summed E-state index contributed by atoms with van der Waals surface area (Å²) in [6.45, 7) is 0. The average molecular weight is 606 g/mol. The molecule has 0 saturated heterocycles. The highest BCUT2D eigenvalue weighted by Gasteiger charge is 2.24. The Morgan fingerprint density at radius 1 is 0.800 bits per heavy atom. The van der Waals surface area contributed by atoms with Crippen LogP contribution in [0.5, 0.6) is 17.2 Å². The van der Waals surface area contributed by atoms with E-state index in [0.717, 1.165) is 42.5 Å². The number of fused-ring (bicyclic) bond motifs is 1. The molecule has 4 aromatic carbocycles. The summed E-state index contributed by atoms with van der Waals surface area (Å²) < 4.78 is 12.2. The molecule has 1 fully saturated rings. The highest BCUT2D eigenvalue weighted by Crippen LogP contribution is 2.28. The van der Waals surface area contributed by atoms with Crippen LogP contribution in [0.3, 0.4) is 0 Å². The number of nitrogens with zero attached hydrogens (tertiary/aromatic N) is 2. The zero-order chi connectivity index (χ0) is 31.2. The number of H-pyrrole nitrogens is 1. The molecule has 228 valence electrons. The normalized spacial score (nSPS) is 16.1. The highest BCUT2D eigenvalue weighted by atomic mass is 16.5. The molecule has 0 aliphatic heterocycles. The summed E-state index contributed by atoms with van der Waals surface area (Å²) >= 11 is 0. The predicted molar refractivity (Wildman–Crippen MR) is 167 cm³/mol. The first-order valence-electron chi connectivity index (χ1n) is 14.7. The lowest BCUT2D eigenvalue weighted by Gasteiger charge is -2.29. The van der Waals surface area contributed by atoms with Crippen LogP contribution in [0.1, 0.15) is 52.0 Å². The van der Waals surface area contributed by atoms with Crippen LogP contribution < -0.4 is 20.1 Å². The van der Waals surface area contributed by atoms with Gasteiger partial charge in [0.2, 0.25) is 5.91 Å². The number of aromatic carboxylic acids is 1. The van der Waals surface area contributed by atoms with E-state index in [-0.39, 0.29) is 41.6 Å². The number of hydrogen-bond donors (Lipinski definition) is 4. The smallest absolute Gasteiger partial charge is 0.337 e. The lowest BCUT2D eigenvalue weighted by atomic mass is 9.92. The molecule has 5 aromatic rings. The first-order valence-corrected chi connectivity index (χ1v) is 14.7. The summed E-state index contributed by atoms with van der Waals surface area (Å²) in [4.78, 5) is 36.6. The molecule has 6 rings (SSSR count). The standard InChI is InChI=1S/C34H31N5O6/c40-32(36-29-4-2-1-3-28(29)34(42)43)19-21-5-10-24(11-6-21)44-26-14-16-27(17-15-26)45-25-12-8-23(9-13-25)35-33(41)22-7-18-30-31(20-22)38-39-37-30/h1-7,10-11,14-18,20,23,25H,8-9,12-13,19H2,(H,35,41)(H,36,40)(H,42,43)(H,37,38,39). The molecule has 1 aliphatic carbocycles. The fourth-order valence-electron chi connectivity index (χ4n) is 5.32. The van der Waals surface area contributed by atoms with Crippen LogP contribution in [0.15, 0.2) is 91.0 Å². The van der Waals surface area contributed by atoms with Gasteiger partial charge in [-0.25, -0.2) is 4.79 Å². The van der Waals surface area contributed by atoms with Crippen molar-refractivity contribution in [2.45, 2.75) is 44.2 Å². The topological polar surface area (TPSA) is 156 Å². The van der Waals surface area contributed by atoms with Gasteiger partial charge in [-0.1, -0.05) is 24.3 Å². The molecule has 1 heterocycles. The molecule has 0 spiro atoms. The van der Waals surface area contributed by atoms with Crippen molar-refractivity contribution in [3.63, 3.8) is 0 Å². The van der Waals surface area contributed by atoms with Crippen LogP contribution in [0.4, 0.5) is 5.69 Å². The quantitative estimate of drug-likeness (QED) is 0.157. The molecule has 0 unspecified atom stereocenters. The molecule has 0 bridgehead atoms. The first-order chi connectivity index (χ1) is 21.9. The van der Waals surface area contributed by atoms with Gasteiger partial charge in [0.25, 0.3) is 5.91 Å². The number of benzene rings is 4. The van der Waals surface area contributed by atoms with Crippen LogP contribution in [0, 0.1) is 0 Å². The number of carbonyl (C=O) groups excluding carboxylic acids is 2. The fraction of sp³-hybridized carbons (Fsp3) is 0.206. The van der Waals surface area contributed by atoms with Gasteiger partial charge in [-0.15, -0.1) is 0 Å². The molecule has 11 heteroatoms. The Hall–Kier alpha value is -5.71. The van der Waals surface area contributed by atoms with Crippen molar-refractivity contribution in [3.8, 4) is 17.2 Å². The number of aromatic nitrogens is 3. The maximum absolute atomic E-state index is 12.7. The molecule has 0 atom stereocenters. The lowest BCUT2D eigenvalue weighted by Crippen LogP contribution is -2.39. The number of ether oxygens (including phenoxy) is 2. The van der Waals surface area contributed by atoms with Crippen molar-refractivity contribution < 1.29 is 29.0 Å². The number of carboxylic acid groups (broad SMARTS) is 1. The molecule has 1 aromatic heterocycles. The van der Waals surface area contributed by atoms with E-state index in [1.54, 1.807) is 60.7 Å². The summed E-state index contributed by atoms with van der Waals surface area (Å²) in [6, 6.07) is 26.2. The molecule has 11 nitrogen and oxygen atoms in total. The Morgan fingerprint density at radius 2 is 1.47 bits per heavy atom. The lowest BCUT2D eigenvalue weighted by molar-refractivity contribution is -0.115. The summed E-state index contributed by atoms with van der Waals surface area (Å²) in [6.07, 6.45) is 3.49. The van der Waals surface area contributed by atoms with E-state index in [9.17, 15) is 19.5 Å². The van der Waals surface area contributed by atoms with Crippen LogP contribution >= 0.6 is 0 Å². The maximum Gasteiger partial charge on any atom is 0.337 e. The van der Waals surface area contributed by atoms with E-state index >= 15 is 0 Å². The molecule has 1 saturated carbocycles. The van der Waals surface area contributed by atoms with Gasteiger partial charge >= 0.3 is 5.97 Å². The molecule has 45 heavy (non-hydrogen) atoms. The largest absolute Gasteiger partial charge is 0.490 e. The van der Waals surface area contributed by atoms with Crippen LogP contribution in [-0.2, 0) is 11.2 Å². The van der Waals surface area contributed by atoms with Crippen LogP contribution in [-0.4, -0.2) is 50.4 Å². The van der Waals surface area contributed by atoms with Crippen LogP contribution in [0.2, 0.25) is 0 Å². The minimum absolute atomic E-state index is 0.0401. The van der Waals surface area contributed by atoms with Crippen molar-refractivity contribution in [1.82, 2.24) is 20.7 Å². The van der Waals surface area contributed by atoms with Crippen molar-refractivity contribution in [2.24, 2.45) is 0 Å². The van der Waals surface area contributed by atoms with Gasteiger partial charge in [0.1, 0.15) is 28.3 Å². The average Bonchev–Trinajstić information content (AvgIpc) is 3.52. The fourth-order valence-corrected chi connectivity index (χ4v) is 5.32. The van der Waals surface area contributed by atoms with E-state index in [4.69, 9.17) is 9.47 Å². The van der Waals surface area contributed by atoms with E-state index in [1.165, 1.54) is 6.07 Å². The second kappa shape index (κ2) is 13.3. The molecule has 1 aliphatic rings. The summed E-state index contributed by atoms with van der Waals surface area (Å²) in [5.41, 5.74) is 3.02. The number of amides is 2. The summed E-state index contributed by atoms with van der Waals surface area (Å²) in [5.74, 6) is 0.489. The van der Waals surface area contributed by atoms with Crippen LogP contribution in [0.25, 0.3) is 11.0 Å². The number of rotatable bonds is 10. The Kier molecular flexibility index (Phi) is 8.67. The van der Waals surface area contributed by atoms with Crippen molar-refractivity contribution in [2.75, 3.05) is 5.32 Å². The van der Waals surface area contributed by atoms with Gasteiger partial charge in [-0.05, 0) is 98.0 Å². The van der Waals surface area contributed by atoms with Crippen molar-refractivity contribution in [1.29, 1.82) is 0 Å². The third-order valence-electron chi connectivity index (χ3n) is 7.67. The zero-order valence-corrected chi connectivity index (χ0v) is 24.2. The number of aromatic amines is 1. The summed E-state index contributed by atoms with van der Waals surface area (Å²) in [5, 5.41) is 25.7. The van der Waals surface area contributed by atoms with Gasteiger partial charge in [0.15, 0.2) is 0 Å². The monoisotopic (exact) mass is 605 g/mol. The Morgan fingerprint density at radius 3 is 2.20 bits per heavy atom. The SMILES string of the molecule is O=C(Cc1ccc(Oc2ccc(OC3CCC(NC(=O)c4ccc5n[nH]nc5c4)CC3)cc2)cc1)Nc1ccccc1C(=O)O. The Balaban J connectivity index is 0.942. The third-order valence-corrected chi connectivity index (χ3v) is 7.67. The predicted octanol–water partition coefficient (Wildman–Crippen LogP) is 5.75. The first kappa shape index (κ1) is 29.4. The Labute approximate surface area is 258 Å². The second-order valence-electron chi connectivity index (χ2n) is 10.9. The molecular weight excluding hydrogens is 574 g/mol. The number of nitrogens with one attached hydrogen (secondary N) is 3. The summed E-state index contributed by atoms with van der Waals surface area (Å²) in [7, 11) is 0. The number of carbonyl (C=O) groups is 3. The molecule has 2 amide bonds. The van der Waals surface area contributed by atoms with Gasteiger partial charge < -0.3 is 25.2 Å². The van der Waals surface area contributed by atoms with Crippen molar-refractivity contribution in [3.05, 3.63) is 108 Å². The zero-order valence-electron chi connectivity index (χ0n) is 24.2. The maximum atomic E-state index is 12.7. The number of anilines is 1. The molecular formula is C34H31N5O6. The third kappa shape index (κ3) is 7.45. The number of hydrogen-bond acceptors (Lipinski definition) is 7. The van der Waals surface area contributed by atoms with Gasteiger partial charge in [0.05, 0.1) is 23.8 Å². The number of carboxylic acids is 1. The van der Waals surface area contributed by atoms with E-state index in [1.807, 2.05) is 24.3 Å². The minimum Gasteiger partial charge on any atom is -0.490 e. The molecule has 0 radical (unpaired) electrons. The number of para-hydroxylation sites is 1.